The molecule has 0 fully saturated rings. The van der Waals surface area contributed by atoms with Gasteiger partial charge in [-0.05, 0) is 66.9 Å². The fourth-order valence-corrected chi connectivity index (χ4v) is 4.42. The first-order chi connectivity index (χ1) is 16.5. The molecule has 0 unspecified atom stereocenters. The molecule has 0 radical (unpaired) electrons. The van der Waals surface area contributed by atoms with Crippen LogP contribution < -0.4 is 16.2 Å². The number of rotatable bonds is 9. The lowest BCUT2D eigenvalue weighted by atomic mass is 10.1. The summed E-state index contributed by atoms with van der Waals surface area (Å²) in [4.78, 5) is 29.2. The van der Waals surface area contributed by atoms with E-state index < -0.39 is 0 Å². The van der Waals surface area contributed by atoms with Crippen LogP contribution in [-0.4, -0.2) is 22.5 Å². The second-order valence-corrected chi connectivity index (χ2v) is 8.92. The number of hydrogen-bond acceptors (Lipinski definition) is 3. The van der Waals surface area contributed by atoms with Gasteiger partial charge < -0.3 is 20.2 Å². The Labute approximate surface area is 204 Å². The van der Waals surface area contributed by atoms with E-state index in [4.69, 9.17) is 11.6 Å². The van der Waals surface area contributed by atoms with Crippen LogP contribution in [-0.2, 0) is 37.3 Å². The number of carbonyl (C=O) groups is 1. The Morgan fingerprint density at radius 3 is 2.71 bits per heavy atom. The summed E-state index contributed by atoms with van der Waals surface area (Å²) < 4.78 is 1.69. The van der Waals surface area contributed by atoms with Gasteiger partial charge in [-0.1, -0.05) is 35.9 Å². The molecule has 0 saturated carbocycles. The van der Waals surface area contributed by atoms with Gasteiger partial charge in [0.25, 0.3) is 5.56 Å². The van der Waals surface area contributed by atoms with Crippen molar-refractivity contribution in [1.82, 2.24) is 20.2 Å². The van der Waals surface area contributed by atoms with Crippen molar-refractivity contribution in [3.8, 4) is 0 Å². The molecule has 2 aromatic carbocycles. The van der Waals surface area contributed by atoms with E-state index in [0.717, 1.165) is 28.6 Å². The molecule has 0 aliphatic rings. The Balaban J connectivity index is 1.44. The number of benzene rings is 2. The quantitative estimate of drug-likeness (QED) is 0.340. The second kappa shape index (κ2) is 10.7. The highest BCUT2D eigenvalue weighted by Gasteiger charge is 2.13. The topological polar surface area (TPSA) is 78.9 Å². The SMILES string of the molecule is CNCc1ccc(Cl)cc1CNC(=O)Cc1c(C)ccn(CCc2c[nH]c3ccccc23)c1=O. The molecule has 34 heavy (non-hydrogen) atoms. The predicted molar refractivity (Wildman–Crippen MR) is 137 cm³/mol. The minimum atomic E-state index is -0.190. The average Bonchev–Trinajstić information content (AvgIpc) is 3.24. The molecule has 4 aromatic rings. The minimum absolute atomic E-state index is 0.0422. The Morgan fingerprint density at radius 1 is 1.06 bits per heavy atom. The summed E-state index contributed by atoms with van der Waals surface area (Å²) >= 11 is 6.14. The zero-order valence-corrected chi connectivity index (χ0v) is 20.2. The predicted octanol–water partition coefficient (Wildman–Crippen LogP) is 4.11. The third-order valence-electron chi connectivity index (χ3n) is 6.15. The van der Waals surface area contributed by atoms with Gasteiger partial charge in [-0.25, -0.2) is 0 Å². The number of pyridine rings is 1. The number of nitrogens with zero attached hydrogens (tertiary/aromatic N) is 1. The number of aromatic amines is 1. The first-order valence-electron chi connectivity index (χ1n) is 11.4. The number of para-hydroxylation sites is 1. The third kappa shape index (κ3) is 5.41. The summed E-state index contributed by atoms with van der Waals surface area (Å²) in [7, 11) is 1.87. The third-order valence-corrected chi connectivity index (χ3v) is 6.38. The minimum Gasteiger partial charge on any atom is -0.361 e. The van der Waals surface area contributed by atoms with E-state index >= 15 is 0 Å². The molecule has 1 amide bonds. The number of carbonyl (C=O) groups excluding carboxylic acids is 1. The first-order valence-corrected chi connectivity index (χ1v) is 11.8. The van der Waals surface area contributed by atoms with Crippen LogP contribution in [0.25, 0.3) is 10.9 Å². The summed E-state index contributed by atoms with van der Waals surface area (Å²) in [5.74, 6) is -0.190. The number of amides is 1. The van der Waals surface area contributed by atoms with E-state index in [1.54, 1.807) is 4.57 Å². The highest BCUT2D eigenvalue weighted by Crippen LogP contribution is 2.19. The van der Waals surface area contributed by atoms with Crippen LogP contribution in [0, 0.1) is 6.92 Å². The van der Waals surface area contributed by atoms with Gasteiger partial charge in [-0.15, -0.1) is 0 Å². The molecule has 176 valence electrons. The smallest absolute Gasteiger partial charge is 0.254 e. The monoisotopic (exact) mass is 476 g/mol. The van der Waals surface area contributed by atoms with Gasteiger partial charge in [0.05, 0.1) is 6.42 Å². The molecule has 3 N–H and O–H groups in total. The largest absolute Gasteiger partial charge is 0.361 e. The standard InChI is InChI=1S/C27H29ClN4O2/c1-18-9-11-32(12-10-20-16-30-25-6-4-3-5-23(20)25)27(34)24(18)14-26(33)31-17-21-13-22(28)8-7-19(21)15-29-2/h3-9,11,13,16,29-30H,10,12,14-15,17H2,1-2H3,(H,31,33). The molecule has 0 saturated heterocycles. The van der Waals surface area contributed by atoms with Crippen LogP contribution in [0.4, 0.5) is 0 Å². The van der Waals surface area contributed by atoms with Gasteiger partial charge in [-0.3, -0.25) is 9.59 Å². The number of fused-ring (bicyclic) bond motifs is 1. The fraction of sp³-hybridized carbons (Fsp3) is 0.259. The lowest BCUT2D eigenvalue weighted by molar-refractivity contribution is -0.120. The number of H-pyrrole nitrogens is 1. The molecule has 0 spiro atoms. The number of aryl methyl sites for hydroxylation is 3. The summed E-state index contributed by atoms with van der Waals surface area (Å²) in [6.07, 6.45) is 4.57. The van der Waals surface area contributed by atoms with Crippen LogP contribution in [0.1, 0.15) is 27.8 Å². The van der Waals surface area contributed by atoms with Gasteiger partial charge in [0.15, 0.2) is 0 Å². The van der Waals surface area contributed by atoms with Crippen molar-refractivity contribution in [2.24, 2.45) is 0 Å². The van der Waals surface area contributed by atoms with Crippen LogP contribution in [0.2, 0.25) is 5.02 Å². The van der Waals surface area contributed by atoms with Crippen molar-refractivity contribution in [1.29, 1.82) is 0 Å². The maximum atomic E-state index is 13.2. The van der Waals surface area contributed by atoms with Gasteiger partial charge in [-0.2, -0.15) is 0 Å². The fourth-order valence-electron chi connectivity index (χ4n) is 4.22. The lowest BCUT2D eigenvalue weighted by Gasteiger charge is -2.13. The molecule has 6 nitrogen and oxygen atoms in total. The van der Waals surface area contributed by atoms with Gasteiger partial charge >= 0.3 is 0 Å². The van der Waals surface area contributed by atoms with Crippen molar-refractivity contribution in [3.05, 3.63) is 104 Å². The van der Waals surface area contributed by atoms with Crippen LogP contribution in [0.5, 0.6) is 0 Å². The Bertz CT molecular complexity index is 1370. The molecule has 2 aromatic heterocycles. The van der Waals surface area contributed by atoms with Crippen molar-refractivity contribution in [2.45, 2.75) is 39.4 Å². The highest BCUT2D eigenvalue weighted by atomic mass is 35.5. The normalized spacial score (nSPS) is 11.1. The average molecular weight is 477 g/mol. The van der Waals surface area contributed by atoms with E-state index in [1.807, 2.05) is 68.8 Å². The zero-order chi connectivity index (χ0) is 24.1. The molecule has 4 rings (SSSR count). The van der Waals surface area contributed by atoms with E-state index in [9.17, 15) is 9.59 Å². The highest BCUT2D eigenvalue weighted by molar-refractivity contribution is 6.30. The summed E-state index contributed by atoms with van der Waals surface area (Å²) in [6.45, 7) is 3.46. The Morgan fingerprint density at radius 2 is 1.88 bits per heavy atom. The van der Waals surface area contributed by atoms with Crippen molar-refractivity contribution < 1.29 is 4.79 Å². The van der Waals surface area contributed by atoms with Crippen molar-refractivity contribution in [2.75, 3.05) is 7.05 Å². The summed E-state index contributed by atoms with van der Waals surface area (Å²) in [5, 5.41) is 7.86. The summed E-state index contributed by atoms with van der Waals surface area (Å²) in [6, 6.07) is 15.7. The van der Waals surface area contributed by atoms with E-state index in [2.05, 4.69) is 21.7 Å². The number of aromatic nitrogens is 2. The molecule has 7 heteroatoms. The summed E-state index contributed by atoms with van der Waals surface area (Å²) in [5.41, 5.74) is 5.51. The number of nitrogens with one attached hydrogen (secondary N) is 3. The lowest BCUT2D eigenvalue weighted by Crippen LogP contribution is -2.31. The molecule has 0 aliphatic carbocycles. The van der Waals surface area contributed by atoms with E-state index in [1.165, 1.54) is 10.9 Å². The molecule has 0 aliphatic heterocycles. The Kier molecular flexibility index (Phi) is 7.50. The maximum Gasteiger partial charge on any atom is 0.254 e. The van der Waals surface area contributed by atoms with Crippen LogP contribution >= 0.6 is 11.6 Å². The second-order valence-electron chi connectivity index (χ2n) is 8.48. The van der Waals surface area contributed by atoms with Crippen molar-refractivity contribution in [3.63, 3.8) is 0 Å². The van der Waals surface area contributed by atoms with Gasteiger partial charge in [0.2, 0.25) is 5.91 Å². The van der Waals surface area contributed by atoms with E-state index in [0.29, 0.717) is 30.2 Å². The van der Waals surface area contributed by atoms with Crippen LogP contribution in [0.3, 0.4) is 0 Å². The van der Waals surface area contributed by atoms with Crippen molar-refractivity contribution >= 4 is 28.4 Å². The molecular formula is C27H29ClN4O2. The Hall–Kier alpha value is -3.35. The zero-order valence-electron chi connectivity index (χ0n) is 19.5. The maximum absolute atomic E-state index is 13.2. The number of hydrogen-bond donors (Lipinski definition) is 3. The molecule has 2 heterocycles. The van der Waals surface area contributed by atoms with Gasteiger partial charge in [0.1, 0.15) is 0 Å². The first kappa shape index (κ1) is 23.8. The van der Waals surface area contributed by atoms with E-state index in [-0.39, 0.29) is 17.9 Å². The van der Waals surface area contributed by atoms with Gasteiger partial charge in [0, 0.05) is 53.5 Å². The molecule has 0 atom stereocenters. The molecular weight excluding hydrogens is 448 g/mol. The molecule has 0 bridgehead atoms. The van der Waals surface area contributed by atoms with Crippen LogP contribution in [0.15, 0.2) is 65.7 Å². The number of halogens is 1.